The third-order valence-corrected chi connectivity index (χ3v) is 13.5. The fourth-order valence-electron chi connectivity index (χ4n) is 8.64. The van der Waals surface area contributed by atoms with E-state index in [2.05, 4.69) is 167 Å². The van der Waals surface area contributed by atoms with Gasteiger partial charge in [-0.15, -0.1) is 0 Å². The molecule has 0 saturated heterocycles. The first-order valence-corrected chi connectivity index (χ1v) is 33.0. The molecule has 0 aromatic heterocycles. The van der Waals surface area contributed by atoms with Gasteiger partial charge in [0.25, 0.3) is 0 Å². The van der Waals surface area contributed by atoms with E-state index in [4.69, 9.17) is 14.2 Å². The topological polar surface area (TPSA) is 78.9 Å². The van der Waals surface area contributed by atoms with Gasteiger partial charge in [0.05, 0.1) is 0 Å². The molecule has 456 valence electrons. The summed E-state index contributed by atoms with van der Waals surface area (Å²) < 4.78 is 16.8. The van der Waals surface area contributed by atoms with Crippen molar-refractivity contribution in [2.45, 2.75) is 284 Å². The van der Waals surface area contributed by atoms with Gasteiger partial charge in [0, 0.05) is 19.3 Å². The second-order valence-electron chi connectivity index (χ2n) is 21.3. The van der Waals surface area contributed by atoms with Crippen LogP contribution in [0.3, 0.4) is 0 Å². The molecule has 0 saturated carbocycles. The summed E-state index contributed by atoms with van der Waals surface area (Å²) in [4.78, 5) is 38.3. The second kappa shape index (κ2) is 67.5. The van der Waals surface area contributed by atoms with E-state index in [1.807, 2.05) is 12.2 Å². The van der Waals surface area contributed by atoms with Crippen LogP contribution in [0.4, 0.5) is 0 Å². The maximum absolute atomic E-state index is 12.9. The lowest BCUT2D eigenvalue weighted by Crippen LogP contribution is -2.30. The molecule has 0 heterocycles. The van der Waals surface area contributed by atoms with E-state index in [9.17, 15) is 14.4 Å². The molecule has 0 aromatic carbocycles. The summed E-state index contributed by atoms with van der Waals surface area (Å²) in [6.07, 6.45) is 98.4. The van der Waals surface area contributed by atoms with E-state index < -0.39 is 6.10 Å². The Balaban J connectivity index is 4.42. The van der Waals surface area contributed by atoms with Crippen molar-refractivity contribution in [3.8, 4) is 0 Å². The number of carbonyl (C=O) groups is 3. The zero-order valence-electron chi connectivity index (χ0n) is 52.2. The minimum absolute atomic E-state index is 0.118. The summed E-state index contributed by atoms with van der Waals surface area (Å²) in [5, 5.41) is 0. The molecule has 81 heavy (non-hydrogen) atoms. The van der Waals surface area contributed by atoms with Crippen molar-refractivity contribution < 1.29 is 28.6 Å². The number of carbonyl (C=O) groups excluding carboxylic acids is 3. The first-order valence-electron chi connectivity index (χ1n) is 33.0. The number of hydrogen-bond donors (Lipinski definition) is 0. The minimum atomic E-state index is -0.831. The first kappa shape index (κ1) is 76.0. The summed E-state index contributed by atoms with van der Waals surface area (Å²) in [5.74, 6) is -1.03. The SMILES string of the molecule is CC/C=C\C/C=C\C/C=C\C/C=C\C/C=C\C/C=C\CCCCCCC(=O)OC(COC(=O)CC/C=C\C/C=C\C/C=C\C/C=C\CC)COC(=O)CCCCCCCCCCCCCC/C=C\C/C=C\C/C=C\CCCCCCC. The number of esters is 3. The Bertz CT molecular complexity index is 1810. The van der Waals surface area contributed by atoms with Gasteiger partial charge in [-0.3, -0.25) is 14.4 Å². The number of hydrogen-bond acceptors (Lipinski definition) is 6. The Kier molecular flexibility index (Phi) is 63.4. The van der Waals surface area contributed by atoms with E-state index in [1.165, 1.54) is 103 Å². The van der Waals surface area contributed by atoms with Crippen molar-refractivity contribution in [1.29, 1.82) is 0 Å². The molecule has 0 fully saturated rings. The van der Waals surface area contributed by atoms with E-state index in [0.29, 0.717) is 12.8 Å². The summed E-state index contributed by atoms with van der Waals surface area (Å²) in [6.45, 7) is 6.31. The molecule has 0 N–H and O–H groups in total. The van der Waals surface area contributed by atoms with Crippen LogP contribution in [0.1, 0.15) is 278 Å². The quantitative estimate of drug-likeness (QED) is 0.0261. The smallest absolute Gasteiger partial charge is 0.306 e. The van der Waals surface area contributed by atoms with Crippen LogP contribution in [0, 0.1) is 0 Å². The molecule has 6 nitrogen and oxygen atoms in total. The van der Waals surface area contributed by atoms with Gasteiger partial charge in [0.15, 0.2) is 6.10 Å². The Morgan fingerprint density at radius 2 is 0.506 bits per heavy atom. The molecule has 0 rings (SSSR count). The summed E-state index contributed by atoms with van der Waals surface area (Å²) in [7, 11) is 0. The average Bonchev–Trinajstić information content (AvgIpc) is 3.46. The lowest BCUT2D eigenvalue weighted by atomic mass is 10.0. The van der Waals surface area contributed by atoms with Crippen LogP contribution in [0.25, 0.3) is 0 Å². The monoisotopic (exact) mass is 1120 g/mol. The van der Waals surface area contributed by atoms with Crippen molar-refractivity contribution in [1.82, 2.24) is 0 Å². The van der Waals surface area contributed by atoms with Gasteiger partial charge in [-0.25, -0.2) is 0 Å². The second-order valence-corrected chi connectivity index (χ2v) is 21.3. The Hall–Kier alpha value is -4.97. The highest BCUT2D eigenvalue weighted by molar-refractivity contribution is 5.71. The average molecular weight is 1120 g/mol. The molecule has 0 amide bonds. The number of allylic oxidation sites excluding steroid dienone is 26. The molecular formula is C75H120O6. The van der Waals surface area contributed by atoms with E-state index >= 15 is 0 Å². The van der Waals surface area contributed by atoms with Crippen LogP contribution in [-0.2, 0) is 28.6 Å². The van der Waals surface area contributed by atoms with Gasteiger partial charge < -0.3 is 14.2 Å². The molecule has 1 atom stereocenters. The number of rotatable bonds is 58. The number of unbranched alkanes of at least 4 members (excludes halogenated alkanes) is 21. The van der Waals surface area contributed by atoms with E-state index in [1.54, 1.807) is 0 Å². The molecule has 1 unspecified atom stereocenters. The highest BCUT2D eigenvalue weighted by Gasteiger charge is 2.19. The fraction of sp³-hybridized carbons (Fsp3) is 0.613. The summed E-state index contributed by atoms with van der Waals surface area (Å²) in [6, 6.07) is 0. The van der Waals surface area contributed by atoms with Crippen molar-refractivity contribution in [2.75, 3.05) is 13.2 Å². The van der Waals surface area contributed by atoms with Crippen LogP contribution in [0.5, 0.6) is 0 Å². The third kappa shape index (κ3) is 65.7. The van der Waals surface area contributed by atoms with Crippen molar-refractivity contribution >= 4 is 17.9 Å². The maximum atomic E-state index is 12.9. The Morgan fingerprint density at radius 3 is 0.827 bits per heavy atom. The summed E-state index contributed by atoms with van der Waals surface area (Å²) >= 11 is 0. The van der Waals surface area contributed by atoms with Crippen LogP contribution in [0.2, 0.25) is 0 Å². The first-order chi connectivity index (χ1) is 40.0. The van der Waals surface area contributed by atoms with Crippen LogP contribution < -0.4 is 0 Å². The molecule has 0 spiro atoms. The zero-order chi connectivity index (χ0) is 58.5. The van der Waals surface area contributed by atoms with Crippen molar-refractivity contribution in [3.63, 3.8) is 0 Å². The molecule has 0 aliphatic rings. The minimum Gasteiger partial charge on any atom is -0.462 e. The zero-order valence-corrected chi connectivity index (χ0v) is 52.2. The highest BCUT2D eigenvalue weighted by Crippen LogP contribution is 2.15. The van der Waals surface area contributed by atoms with Gasteiger partial charge in [-0.2, -0.15) is 0 Å². The molecular weight excluding hydrogens is 997 g/mol. The maximum Gasteiger partial charge on any atom is 0.306 e. The van der Waals surface area contributed by atoms with E-state index in [-0.39, 0.29) is 44.0 Å². The Labute approximate surface area is 499 Å². The van der Waals surface area contributed by atoms with Crippen LogP contribution in [-0.4, -0.2) is 37.2 Å². The van der Waals surface area contributed by atoms with Gasteiger partial charge in [-0.1, -0.05) is 281 Å². The van der Waals surface area contributed by atoms with Crippen molar-refractivity contribution in [2.24, 2.45) is 0 Å². The lowest BCUT2D eigenvalue weighted by molar-refractivity contribution is -0.166. The van der Waals surface area contributed by atoms with Gasteiger partial charge in [0.2, 0.25) is 0 Å². The molecule has 0 bridgehead atoms. The van der Waals surface area contributed by atoms with Crippen molar-refractivity contribution in [3.05, 3.63) is 158 Å². The lowest BCUT2D eigenvalue weighted by Gasteiger charge is -2.18. The molecule has 0 radical (unpaired) electrons. The predicted octanol–water partition coefficient (Wildman–Crippen LogP) is 22.9. The third-order valence-electron chi connectivity index (χ3n) is 13.5. The normalized spacial score (nSPS) is 13.2. The van der Waals surface area contributed by atoms with Gasteiger partial charge >= 0.3 is 17.9 Å². The molecule has 0 aliphatic carbocycles. The Morgan fingerprint density at radius 1 is 0.259 bits per heavy atom. The predicted molar refractivity (Wildman–Crippen MR) is 352 cm³/mol. The number of ether oxygens (including phenoxy) is 3. The summed E-state index contributed by atoms with van der Waals surface area (Å²) in [5.41, 5.74) is 0. The van der Waals surface area contributed by atoms with Gasteiger partial charge in [-0.05, 0) is 135 Å². The molecule has 0 aromatic rings. The molecule has 6 heteroatoms. The highest BCUT2D eigenvalue weighted by atomic mass is 16.6. The van der Waals surface area contributed by atoms with Crippen LogP contribution >= 0.6 is 0 Å². The van der Waals surface area contributed by atoms with Crippen LogP contribution in [0.15, 0.2) is 158 Å². The largest absolute Gasteiger partial charge is 0.462 e. The molecule has 0 aliphatic heterocycles. The fourth-order valence-corrected chi connectivity index (χ4v) is 8.64. The van der Waals surface area contributed by atoms with Gasteiger partial charge in [0.1, 0.15) is 13.2 Å². The van der Waals surface area contributed by atoms with E-state index in [0.717, 1.165) is 128 Å². The standard InChI is InChI=1S/C75H120O6/c1-4-7-10-13-16-19-22-25-27-29-31-33-35-36-37-38-40-41-43-45-47-50-53-56-59-62-65-68-74(77)80-71-72(70-79-73(76)67-64-61-58-55-52-49-24-21-18-15-12-9-6-3)81-75(78)69-66-63-60-57-54-51-48-46-44-42-39-34-32-30-28-26-23-20-17-14-11-8-5-2/h8-9,11-12,17-18,20-22,25-26,28-29,31-32,34-36,42,44,48-49,51-52,58,61,72H,4-7,10,13-16,19,23-24,27,30,33,37-41,43,45-47,50,53-57,59-60,62-71H2,1-3H3/b11-8-,12-9-,20-17-,21-18-,25-22-,28-26-,31-29-,34-32-,36-35-,44-42-,51-48-,52-49-,61-58-.